The lowest BCUT2D eigenvalue weighted by atomic mass is 10.2. The highest BCUT2D eigenvalue weighted by molar-refractivity contribution is 7.89. The Morgan fingerprint density at radius 1 is 1.37 bits per heavy atom. The number of methoxy groups -OCH3 is 1. The van der Waals surface area contributed by atoms with Crippen LogP contribution in [0.25, 0.3) is 0 Å². The third-order valence-corrected chi connectivity index (χ3v) is 4.30. The molecule has 0 saturated carbocycles. The number of ether oxygens (including phenoxy) is 1. The minimum atomic E-state index is -3.10. The second-order valence-corrected chi connectivity index (χ2v) is 6.51. The van der Waals surface area contributed by atoms with Gasteiger partial charge in [0.1, 0.15) is 5.75 Å². The van der Waals surface area contributed by atoms with Crippen molar-refractivity contribution in [3.05, 3.63) is 29.8 Å². The third kappa shape index (κ3) is 6.04. The summed E-state index contributed by atoms with van der Waals surface area (Å²) in [6.07, 6.45) is 0.615. The molecular formula is C13H22N2O3S. The summed E-state index contributed by atoms with van der Waals surface area (Å²) in [4.78, 5) is 2.10. The molecule has 0 heterocycles. The van der Waals surface area contributed by atoms with Crippen LogP contribution in [0.3, 0.4) is 0 Å². The summed E-state index contributed by atoms with van der Waals surface area (Å²) >= 11 is 0. The zero-order valence-corrected chi connectivity index (χ0v) is 12.5. The van der Waals surface area contributed by atoms with E-state index in [2.05, 4.69) is 9.62 Å². The van der Waals surface area contributed by atoms with E-state index in [1.807, 2.05) is 31.3 Å². The number of benzene rings is 1. The molecule has 0 aliphatic carbocycles. The lowest BCUT2D eigenvalue weighted by Gasteiger charge is -2.16. The van der Waals surface area contributed by atoms with Gasteiger partial charge in [0.15, 0.2) is 0 Å². The molecule has 108 valence electrons. The molecule has 6 heteroatoms. The van der Waals surface area contributed by atoms with Gasteiger partial charge in [0.2, 0.25) is 10.0 Å². The molecule has 0 unspecified atom stereocenters. The summed E-state index contributed by atoms with van der Waals surface area (Å²) in [5, 5.41) is 0. The van der Waals surface area contributed by atoms with E-state index >= 15 is 0 Å². The second kappa shape index (κ2) is 7.47. The van der Waals surface area contributed by atoms with Crippen LogP contribution in [0.4, 0.5) is 0 Å². The molecule has 0 aliphatic heterocycles. The fourth-order valence-electron chi connectivity index (χ4n) is 1.79. The van der Waals surface area contributed by atoms with Crippen LogP contribution in [0.15, 0.2) is 24.3 Å². The Morgan fingerprint density at radius 2 is 2.11 bits per heavy atom. The molecule has 0 aliphatic rings. The Balaban J connectivity index is 2.40. The summed E-state index contributed by atoms with van der Waals surface area (Å²) in [6.45, 7) is 1.51. The van der Waals surface area contributed by atoms with Crippen molar-refractivity contribution in [2.45, 2.75) is 13.0 Å². The van der Waals surface area contributed by atoms with Crippen LogP contribution in [0, 0.1) is 0 Å². The first-order valence-electron chi connectivity index (χ1n) is 6.19. The highest BCUT2D eigenvalue weighted by Crippen LogP contribution is 2.13. The molecular weight excluding hydrogens is 264 g/mol. The van der Waals surface area contributed by atoms with Gasteiger partial charge in [0, 0.05) is 6.54 Å². The van der Waals surface area contributed by atoms with Gasteiger partial charge in [-0.15, -0.1) is 0 Å². The van der Waals surface area contributed by atoms with E-state index in [9.17, 15) is 8.42 Å². The lowest BCUT2D eigenvalue weighted by molar-refractivity contribution is 0.326. The van der Waals surface area contributed by atoms with Crippen LogP contribution in [-0.4, -0.2) is 46.8 Å². The second-order valence-electron chi connectivity index (χ2n) is 4.47. The van der Waals surface area contributed by atoms with Gasteiger partial charge in [-0.3, -0.25) is 0 Å². The van der Waals surface area contributed by atoms with Gasteiger partial charge in [-0.05, 0) is 44.8 Å². The van der Waals surface area contributed by atoms with E-state index < -0.39 is 10.0 Å². The first-order valence-corrected chi connectivity index (χ1v) is 7.85. The molecule has 0 bridgehead atoms. The first-order chi connectivity index (χ1) is 8.96. The van der Waals surface area contributed by atoms with Crippen molar-refractivity contribution in [2.75, 3.05) is 33.5 Å². The van der Waals surface area contributed by atoms with E-state index in [0.29, 0.717) is 6.42 Å². The molecule has 1 rings (SSSR count). The minimum absolute atomic E-state index is 0.159. The first kappa shape index (κ1) is 15.9. The van der Waals surface area contributed by atoms with Crippen molar-refractivity contribution in [1.82, 2.24) is 9.62 Å². The zero-order valence-electron chi connectivity index (χ0n) is 11.7. The van der Waals surface area contributed by atoms with Crippen LogP contribution >= 0.6 is 0 Å². The SMILES string of the molecule is CNS(=O)(=O)CCCN(C)Cc1cccc(OC)c1. The average molecular weight is 286 g/mol. The number of hydrogen-bond acceptors (Lipinski definition) is 4. The van der Waals surface area contributed by atoms with Gasteiger partial charge < -0.3 is 9.64 Å². The van der Waals surface area contributed by atoms with E-state index in [-0.39, 0.29) is 5.75 Å². The molecule has 0 saturated heterocycles. The smallest absolute Gasteiger partial charge is 0.211 e. The summed E-state index contributed by atoms with van der Waals surface area (Å²) in [7, 11) is 1.97. The van der Waals surface area contributed by atoms with Gasteiger partial charge in [-0.1, -0.05) is 12.1 Å². The van der Waals surface area contributed by atoms with Crippen molar-refractivity contribution in [1.29, 1.82) is 0 Å². The summed E-state index contributed by atoms with van der Waals surface area (Å²) in [6, 6.07) is 7.88. The van der Waals surface area contributed by atoms with Gasteiger partial charge in [0.25, 0.3) is 0 Å². The van der Waals surface area contributed by atoms with Crippen LogP contribution in [0.5, 0.6) is 5.75 Å². The molecule has 0 atom stereocenters. The topological polar surface area (TPSA) is 58.6 Å². The van der Waals surface area contributed by atoms with E-state index in [1.165, 1.54) is 7.05 Å². The standard InChI is InChI=1S/C13H22N2O3S/c1-14-19(16,17)9-5-8-15(2)11-12-6-4-7-13(10-12)18-3/h4,6-7,10,14H,5,8-9,11H2,1-3H3. The fraction of sp³-hybridized carbons (Fsp3) is 0.538. The Labute approximate surface area is 115 Å². The molecule has 0 fully saturated rings. The monoisotopic (exact) mass is 286 g/mol. The molecule has 0 spiro atoms. The highest BCUT2D eigenvalue weighted by Gasteiger charge is 2.08. The highest BCUT2D eigenvalue weighted by atomic mass is 32.2. The van der Waals surface area contributed by atoms with Crippen LogP contribution in [0.1, 0.15) is 12.0 Å². The molecule has 19 heavy (non-hydrogen) atoms. The Kier molecular flexibility index (Phi) is 6.27. The summed E-state index contributed by atoms with van der Waals surface area (Å²) in [5.41, 5.74) is 1.15. The predicted molar refractivity (Wildman–Crippen MR) is 76.8 cm³/mol. The maximum atomic E-state index is 11.3. The zero-order chi connectivity index (χ0) is 14.3. The maximum absolute atomic E-state index is 11.3. The molecule has 1 N–H and O–H groups in total. The fourth-order valence-corrected chi connectivity index (χ4v) is 2.50. The van der Waals surface area contributed by atoms with Gasteiger partial charge in [0.05, 0.1) is 12.9 Å². The largest absolute Gasteiger partial charge is 0.497 e. The van der Waals surface area contributed by atoms with Crippen LogP contribution in [-0.2, 0) is 16.6 Å². The van der Waals surface area contributed by atoms with Crippen molar-refractivity contribution in [2.24, 2.45) is 0 Å². The molecule has 1 aromatic carbocycles. The minimum Gasteiger partial charge on any atom is -0.497 e. The lowest BCUT2D eigenvalue weighted by Crippen LogP contribution is -2.26. The number of sulfonamides is 1. The number of nitrogens with one attached hydrogen (secondary N) is 1. The van der Waals surface area contributed by atoms with E-state index in [0.717, 1.165) is 24.4 Å². The van der Waals surface area contributed by atoms with Crippen LogP contribution in [0.2, 0.25) is 0 Å². The number of rotatable bonds is 8. The number of nitrogens with zero attached hydrogens (tertiary/aromatic N) is 1. The maximum Gasteiger partial charge on any atom is 0.211 e. The normalized spacial score (nSPS) is 11.8. The van der Waals surface area contributed by atoms with Gasteiger partial charge >= 0.3 is 0 Å². The van der Waals surface area contributed by atoms with Crippen molar-refractivity contribution in [3.63, 3.8) is 0 Å². The Hall–Kier alpha value is -1.11. The number of hydrogen-bond donors (Lipinski definition) is 1. The van der Waals surface area contributed by atoms with E-state index in [4.69, 9.17) is 4.74 Å². The quantitative estimate of drug-likeness (QED) is 0.776. The molecule has 0 amide bonds. The molecule has 1 aromatic rings. The summed E-state index contributed by atoms with van der Waals surface area (Å²) in [5.74, 6) is 0.995. The summed E-state index contributed by atoms with van der Waals surface area (Å²) < 4.78 is 30.0. The van der Waals surface area contributed by atoms with E-state index in [1.54, 1.807) is 7.11 Å². The average Bonchev–Trinajstić information content (AvgIpc) is 2.38. The van der Waals surface area contributed by atoms with Gasteiger partial charge in [-0.25, -0.2) is 13.1 Å². The Morgan fingerprint density at radius 3 is 2.74 bits per heavy atom. The third-order valence-electron chi connectivity index (χ3n) is 2.85. The van der Waals surface area contributed by atoms with Crippen molar-refractivity contribution >= 4 is 10.0 Å². The predicted octanol–water partition coefficient (Wildman–Crippen LogP) is 1.07. The molecule has 5 nitrogen and oxygen atoms in total. The van der Waals surface area contributed by atoms with Gasteiger partial charge in [-0.2, -0.15) is 0 Å². The molecule has 0 radical (unpaired) electrons. The van der Waals surface area contributed by atoms with Crippen molar-refractivity contribution < 1.29 is 13.2 Å². The van der Waals surface area contributed by atoms with Crippen molar-refractivity contribution in [3.8, 4) is 5.75 Å². The molecule has 0 aromatic heterocycles. The van der Waals surface area contributed by atoms with Crippen LogP contribution < -0.4 is 9.46 Å². The Bertz CT molecular complexity index is 488.